The first kappa shape index (κ1) is 22.9. The summed E-state index contributed by atoms with van der Waals surface area (Å²) in [7, 11) is 18.3. The molecule has 0 fully saturated rings. The zero-order valence-corrected chi connectivity index (χ0v) is 16.5. The highest BCUT2D eigenvalue weighted by atomic mass is 32.1. The number of aliphatic hydroxyl groups excluding tert-OH is 1. The fraction of sp³-hybridized carbons (Fsp3) is 1.00. The van der Waals surface area contributed by atoms with Crippen molar-refractivity contribution in [1.29, 1.82) is 0 Å². The van der Waals surface area contributed by atoms with Crippen LogP contribution in [0.3, 0.4) is 0 Å². The Morgan fingerprint density at radius 2 is 1.36 bits per heavy atom. The summed E-state index contributed by atoms with van der Waals surface area (Å²) in [5.74, 6) is 0.738. The van der Waals surface area contributed by atoms with Crippen molar-refractivity contribution in [3.63, 3.8) is 0 Å². The van der Waals surface area contributed by atoms with Gasteiger partial charge in [-0.05, 0) is 29.4 Å². The van der Waals surface area contributed by atoms with Gasteiger partial charge in [0, 0.05) is 5.25 Å². The zero-order chi connectivity index (χ0) is 17.6. The van der Waals surface area contributed by atoms with Crippen LogP contribution < -0.4 is 0 Å². The van der Waals surface area contributed by atoms with Gasteiger partial charge in [0.25, 0.3) is 0 Å². The minimum absolute atomic E-state index is 0.0512. The summed E-state index contributed by atoms with van der Waals surface area (Å²) in [5.41, 5.74) is 0. The molecule has 9 atom stereocenters. The van der Waals surface area contributed by atoms with Crippen molar-refractivity contribution in [3.05, 3.63) is 0 Å². The highest BCUT2D eigenvalue weighted by molar-refractivity contribution is 7.81. The Morgan fingerprint density at radius 1 is 0.864 bits per heavy atom. The normalized spacial score (nSPS) is 24.5. The maximum absolute atomic E-state index is 10.0. The zero-order valence-electron chi connectivity index (χ0n) is 14.7. The topological polar surface area (TPSA) is 20.2 Å². The molecule has 0 spiro atoms. The van der Waals surface area contributed by atoms with Gasteiger partial charge in [-0.25, -0.2) is 0 Å². The summed E-state index contributed by atoms with van der Waals surface area (Å²) in [6.45, 7) is 10.4. The molecule has 0 saturated heterocycles. The highest BCUT2D eigenvalue weighted by Crippen LogP contribution is 2.41. The molecule has 0 saturated carbocycles. The number of hydrogen-bond acceptors (Lipinski definition) is 3. The molecule has 1 N–H and O–H groups in total. The van der Waals surface area contributed by atoms with E-state index in [2.05, 4.69) is 46.0 Å². The van der Waals surface area contributed by atoms with E-state index < -0.39 is 6.10 Å². The molecule has 0 amide bonds. The molecule has 0 bridgehead atoms. The van der Waals surface area contributed by atoms with Gasteiger partial charge in [-0.2, -0.15) is 25.3 Å². The summed E-state index contributed by atoms with van der Waals surface area (Å²) in [6, 6.07) is 0. The number of rotatable bonds is 10. The predicted molar refractivity (Wildman–Crippen MR) is 108 cm³/mol. The molecule has 0 aliphatic rings. The number of hydrogen-bond donors (Lipinski definition) is 3. The molecular weight excluding hydrogens is 305 g/mol. The second kappa shape index (κ2) is 10.7. The van der Waals surface area contributed by atoms with Gasteiger partial charge in [0.05, 0.1) is 29.6 Å². The molecule has 22 heavy (non-hydrogen) atoms. The number of aliphatic hydroxyl groups is 1. The van der Waals surface area contributed by atoms with Crippen molar-refractivity contribution in [3.8, 4) is 0 Å². The third kappa shape index (κ3) is 6.05. The minimum Gasteiger partial charge on any atom is -0.392 e. The highest BCUT2D eigenvalue weighted by Gasteiger charge is 2.33. The molecule has 0 rings (SSSR count). The summed E-state index contributed by atoms with van der Waals surface area (Å²) in [5, 5.41) is 9.86. The Morgan fingerprint density at radius 3 is 1.77 bits per heavy atom. The van der Waals surface area contributed by atoms with Gasteiger partial charge in [0.15, 0.2) is 0 Å². The molecular formula is C16H31B3OS2. The van der Waals surface area contributed by atoms with Crippen molar-refractivity contribution in [2.24, 2.45) is 23.7 Å². The molecule has 122 valence electrons. The molecule has 1 nitrogen and oxygen atoms in total. The summed E-state index contributed by atoms with van der Waals surface area (Å²) in [4.78, 5) is 0. The number of thiol groups is 2. The molecule has 0 heterocycles. The van der Waals surface area contributed by atoms with Crippen molar-refractivity contribution in [2.75, 3.05) is 0 Å². The Hall–Kier alpha value is 0.855. The molecule has 0 aliphatic heterocycles. The SMILES string of the molecule is [B]CC(C)C([B])C(S)C([B])C(C)C(C)C(C)C(S)C(O)CC. The van der Waals surface area contributed by atoms with Crippen LogP contribution in [0.15, 0.2) is 0 Å². The maximum Gasteiger partial charge on any atom is 0.0717 e. The van der Waals surface area contributed by atoms with Gasteiger partial charge in [-0.1, -0.05) is 58.5 Å². The molecule has 6 radical (unpaired) electrons. The summed E-state index contributed by atoms with van der Waals surface area (Å²) >= 11 is 9.24. The third-order valence-corrected chi connectivity index (χ3v) is 6.94. The molecule has 0 aromatic heterocycles. The van der Waals surface area contributed by atoms with Gasteiger partial charge in [-0.3, -0.25) is 0 Å². The first-order valence-electron chi connectivity index (χ1n) is 8.35. The molecule has 0 aliphatic carbocycles. The third-order valence-electron chi connectivity index (χ3n) is 5.43. The van der Waals surface area contributed by atoms with Gasteiger partial charge in [-0.15, -0.1) is 0 Å². The van der Waals surface area contributed by atoms with Crippen LogP contribution in [0.1, 0.15) is 41.0 Å². The van der Waals surface area contributed by atoms with Gasteiger partial charge in [0.1, 0.15) is 0 Å². The average molecular weight is 336 g/mol. The van der Waals surface area contributed by atoms with Gasteiger partial charge >= 0.3 is 0 Å². The van der Waals surface area contributed by atoms with Crippen LogP contribution in [0.5, 0.6) is 0 Å². The lowest BCUT2D eigenvalue weighted by Crippen LogP contribution is -2.36. The first-order valence-corrected chi connectivity index (χ1v) is 9.38. The summed E-state index contributed by atoms with van der Waals surface area (Å²) in [6.07, 6.45) is 0.849. The molecule has 9 unspecified atom stereocenters. The van der Waals surface area contributed by atoms with Crippen molar-refractivity contribution in [2.45, 2.75) is 75.6 Å². The average Bonchev–Trinajstić information content (AvgIpc) is 2.55. The van der Waals surface area contributed by atoms with E-state index in [0.717, 1.165) is 0 Å². The Balaban J connectivity index is 4.82. The van der Waals surface area contributed by atoms with E-state index in [4.69, 9.17) is 23.5 Å². The van der Waals surface area contributed by atoms with E-state index in [-0.39, 0.29) is 39.9 Å². The van der Waals surface area contributed by atoms with Gasteiger partial charge < -0.3 is 5.11 Å². The van der Waals surface area contributed by atoms with E-state index >= 15 is 0 Å². The van der Waals surface area contributed by atoms with Crippen LogP contribution in [0.4, 0.5) is 0 Å². The van der Waals surface area contributed by atoms with Gasteiger partial charge in [0.2, 0.25) is 0 Å². The lowest BCUT2D eigenvalue weighted by atomic mass is 9.59. The largest absolute Gasteiger partial charge is 0.392 e. The Kier molecular flexibility index (Phi) is 11.1. The molecule has 6 heteroatoms. The van der Waals surface area contributed by atoms with Crippen molar-refractivity contribution < 1.29 is 5.11 Å². The minimum atomic E-state index is -0.393. The van der Waals surface area contributed by atoms with Crippen LogP contribution in [0, 0.1) is 23.7 Å². The van der Waals surface area contributed by atoms with Crippen LogP contribution in [0.25, 0.3) is 0 Å². The van der Waals surface area contributed by atoms with Crippen LogP contribution in [-0.2, 0) is 0 Å². The van der Waals surface area contributed by atoms with E-state index in [0.29, 0.717) is 18.7 Å². The van der Waals surface area contributed by atoms with E-state index in [1.165, 1.54) is 0 Å². The second-order valence-electron chi connectivity index (χ2n) is 6.90. The maximum atomic E-state index is 10.0. The molecule has 0 aromatic carbocycles. The fourth-order valence-electron chi connectivity index (χ4n) is 2.79. The fourth-order valence-corrected chi connectivity index (χ4v) is 3.84. The smallest absolute Gasteiger partial charge is 0.0717 e. The first-order chi connectivity index (χ1) is 10.1. The lowest BCUT2D eigenvalue weighted by molar-refractivity contribution is 0.124. The van der Waals surface area contributed by atoms with E-state index in [1.54, 1.807) is 0 Å². The van der Waals surface area contributed by atoms with Crippen molar-refractivity contribution in [1.82, 2.24) is 0 Å². The van der Waals surface area contributed by atoms with Crippen LogP contribution >= 0.6 is 25.3 Å². The summed E-state index contributed by atoms with van der Waals surface area (Å²) < 4.78 is 0. The van der Waals surface area contributed by atoms with Crippen LogP contribution in [-0.4, -0.2) is 45.2 Å². The quantitative estimate of drug-likeness (QED) is 0.413. The van der Waals surface area contributed by atoms with Crippen LogP contribution in [0.2, 0.25) is 18.0 Å². The Bertz CT molecular complexity index is 281. The lowest BCUT2D eigenvalue weighted by Gasteiger charge is -2.39. The van der Waals surface area contributed by atoms with E-state index in [1.807, 2.05) is 13.8 Å². The Labute approximate surface area is 153 Å². The standard InChI is InChI=1S/C16H31B3OS2/c1-6-12(20)15(21)11(5)9(3)10(4)14(19)16(22)13(18)8(2)7-17/h8-16,20-22H,6-7H2,1-5H3. The predicted octanol–water partition coefficient (Wildman–Crippen LogP) is 3.40. The monoisotopic (exact) mass is 336 g/mol. The van der Waals surface area contributed by atoms with E-state index in [9.17, 15) is 5.11 Å². The molecule has 0 aromatic rings. The van der Waals surface area contributed by atoms with Crippen molar-refractivity contribution >= 4 is 48.8 Å². The second-order valence-corrected chi connectivity index (χ2v) is 8.09.